The Morgan fingerprint density at radius 2 is 1.92 bits per heavy atom. The van der Waals surface area contributed by atoms with Crippen molar-refractivity contribution >= 4 is 15.7 Å². The average Bonchev–Trinajstić information content (AvgIpc) is 2.60. The number of nitrogens with two attached hydrogens (primary N) is 2. The van der Waals surface area contributed by atoms with E-state index in [1.807, 2.05) is 37.3 Å². The van der Waals surface area contributed by atoms with E-state index in [1.54, 1.807) is 18.2 Å². The Hall–Kier alpha value is -1.93. The van der Waals surface area contributed by atoms with Crippen molar-refractivity contribution < 1.29 is 13.5 Å². The van der Waals surface area contributed by atoms with Gasteiger partial charge in [0.2, 0.25) is 10.0 Å². The van der Waals surface area contributed by atoms with Crippen LogP contribution >= 0.6 is 0 Å². The van der Waals surface area contributed by atoms with E-state index in [1.165, 1.54) is 4.31 Å². The topological polar surface area (TPSA) is 110 Å². The van der Waals surface area contributed by atoms with Gasteiger partial charge in [0.1, 0.15) is 0 Å². The number of nitrogen functional groups attached to an aromatic ring is 1. The minimum Gasteiger partial charge on any atom is -0.399 e. The average molecular weight is 375 g/mol. The molecule has 0 spiro atoms. The monoisotopic (exact) mass is 375 g/mol. The first-order valence-electron chi connectivity index (χ1n) is 8.66. The van der Waals surface area contributed by atoms with E-state index in [0.717, 1.165) is 11.1 Å². The summed E-state index contributed by atoms with van der Waals surface area (Å²) in [4.78, 5) is 0.259. The molecule has 0 aromatic heterocycles. The van der Waals surface area contributed by atoms with Gasteiger partial charge in [-0.05, 0) is 41.7 Å². The summed E-state index contributed by atoms with van der Waals surface area (Å²) in [5, 5.41) is 10.5. The molecule has 3 unspecified atom stereocenters. The largest absolute Gasteiger partial charge is 0.399 e. The van der Waals surface area contributed by atoms with E-state index >= 15 is 0 Å². The molecule has 3 rings (SSSR count). The summed E-state index contributed by atoms with van der Waals surface area (Å²) in [5.74, 6) is -0.00503. The van der Waals surface area contributed by atoms with Gasteiger partial charge < -0.3 is 16.6 Å². The Kier molecular flexibility index (Phi) is 5.34. The number of aliphatic hydroxyl groups is 1. The molecule has 1 aliphatic heterocycles. The van der Waals surface area contributed by atoms with Crippen molar-refractivity contribution in [1.29, 1.82) is 0 Å². The molecule has 2 aromatic rings. The van der Waals surface area contributed by atoms with Gasteiger partial charge >= 0.3 is 0 Å². The maximum absolute atomic E-state index is 12.9. The number of β-amino-alcohol motifs (C(OH)–C–C–N with tert-alkyl or cyclic N) is 1. The molecule has 0 saturated heterocycles. The number of nitrogens with zero attached hydrogens (tertiary/aromatic N) is 1. The Labute approximate surface area is 154 Å². The molecule has 6 nitrogen and oxygen atoms in total. The molecular formula is C19H25N3O3S. The molecular weight excluding hydrogens is 350 g/mol. The van der Waals surface area contributed by atoms with Crippen LogP contribution in [0.1, 0.15) is 24.0 Å². The van der Waals surface area contributed by atoms with E-state index < -0.39 is 22.2 Å². The van der Waals surface area contributed by atoms with Crippen molar-refractivity contribution in [3.63, 3.8) is 0 Å². The lowest BCUT2D eigenvalue weighted by molar-refractivity contribution is 0.117. The lowest BCUT2D eigenvalue weighted by Gasteiger charge is -2.34. The number of aliphatic hydroxyl groups excluding tert-OH is 1. The fourth-order valence-corrected chi connectivity index (χ4v) is 5.21. The molecule has 1 heterocycles. The van der Waals surface area contributed by atoms with Crippen molar-refractivity contribution in [2.24, 2.45) is 5.73 Å². The van der Waals surface area contributed by atoms with Crippen molar-refractivity contribution in [2.75, 3.05) is 18.8 Å². The van der Waals surface area contributed by atoms with E-state index in [-0.39, 0.29) is 17.4 Å². The van der Waals surface area contributed by atoms with Gasteiger partial charge in [0, 0.05) is 24.8 Å². The number of sulfonamides is 1. The van der Waals surface area contributed by atoms with Crippen LogP contribution in [0.3, 0.4) is 0 Å². The van der Waals surface area contributed by atoms with E-state index in [4.69, 9.17) is 11.5 Å². The maximum Gasteiger partial charge on any atom is 0.243 e. The summed E-state index contributed by atoms with van der Waals surface area (Å²) >= 11 is 0. The van der Waals surface area contributed by atoms with Crippen LogP contribution in [-0.2, 0) is 16.4 Å². The quantitative estimate of drug-likeness (QED) is 0.683. The van der Waals surface area contributed by atoms with E-state index in [0.29, 0.717) is 18.7 Å². The van der Waals surface area contributed by atoms with Gasteiger partial charge in [-0.15, -0.1) is 0 Å². The Morgan fingerprint density at radius 1 is 1.23 bits per heavy atom. The summed E-state index contributed by atoms with van der Waals surface area (Å²) in [6, 6.07) is 13.9. The molecule has 0 saturated carbocycles. The van der Waals surface area contributed by atoms with Crippen LogP contribution in [0.4, 0.5) is 5.69 Å². The van der Waals surface area contributed by atoms with Gasteiger partial charge in [0.15, 0.2) is 0 Å². The molecule has 0 fully saturated rings. The fraction of sp³-hybridized carbons (Fsp3) is 0.368. The number of fused-ring (bicyclic) bond motifs is 1. The number of rotatable bonds is 5. The van der Waals surface area contributed by atoms with Crippen LogP contribution in [0.25, 0.3) is 0 Å². The van der Waals surface area contributed by atoms with Crippen molar-refractivity contribution in [1.82, 2.24) is 4.31 Å². The predicted octanol–water partition coefficient (Wildman–Crippen LogP) is 1.31. The molecule has 7 heteroatoms. The molecule has 0 bridgehead atoms. The van der Waals surface area contributed by atoms with E-state index in [2.05, 4.69) is 0 Å². The van der Waals surface area contributed by atoms with Gasteiger partial charge in [-0.25, -0.2) is 8.42 Å². The van der Waals surface area contributed by atoms with Crippen molar-refractivity contribution in [3.05, 3.63) is 59.7 Å². The number of hydrogen-bond acceptors (Lipinski definition) is 5. The summed E-state index contributed by atoms with van der Waals surface area (Å²) in [7, 11) is -3.67. The van der Waals surface area contributed by atoms with Crippen molar-refractivity contribution in [2.45, 2.75) is 36.3 Å². The lowest BCUT2D eigenvalue weighted by atomic mass is 9.99. The molecule has 2 aromatic carbocycles. The summed E-state index contributed by atoms with van der Waals surface area (Å²) < 4.78 is 27.1. The minimum absolute atomic E-state index is 0.00503. The normalized spacial score (nSPS) is 21.7. The Bertz CT molecular complexity index is 871. The highest BCUT2D eigenvalue weighted by Crippen LogP contribution is 2.34. The van der Waals surface area contributed by atoms with E-state index in [9.17, 15) is 13.5 Å². The third-order valence-electron chi connectivity index (χ3n) is 4.86. The summed E-state index contributed by atoms with van der Waals surface area (Å²) in [6.45, 7) is 2.23. The van der Waals surface area contributed by atoms with Gasteiger partial charge in [0.05, 0.1) is 11.0 Å². The molecule has 5 N–H and O–H groups in total. The van der Waals surface area contributed by atoms with Crippen LogP contribution in [0.15, 0.2) is 53.4 Å². The highest BCUT2D eigenvalue weighted by Gasteiger charge is 2.36. The SMILES string of the molecule is CC1CN(CC(O)C(N)Cc2ccccc2)S(=O)(=O)c2ccc(N)cc21. The molecule has 3 atom stereocenters. The molecule has 140 valence electrons. The van der Waals surface area contributed by atoms with Crippen LogP contribution in [-0.4, -0.2) is 43.1 Å². The van der Waals surface area contributed by atoms with Gasteiger partial charge in [-0.3, -0.25) is 0 Å². The highest BCUT2D eigenvalue weighted by molar-refractivity contribution is 7.89. The number of anilines is 1. The number of benzene rings is 2. The van der Waals surface area contributed by atoms with Crippen LogP contribution in [0.5, 0.6) is 0 Å². The Balaban J connectivity index is 1.76. The van der Waals surface area contributed by atoms with Gasteiger partial charge in [-0.1, -0.05) is 37.3 Å². The first kappa shape index (κ1) is 18.8. The van der Waals surface area contributed by atoms with Crippen molar-refractivity contribution in [3.8, 4) is 0 Å². The minimum atomic E-state index is -3.67. The molecule has 26 heavy (non-hydrogen) atoms. The van der Waals surface area contributed by atoms with Crippen LogP contribution < -0.4 is 11.5 Å². The number of hydrogen-bond donors (Lipinski definition) is 3. The first-order chi connectivity index (χ1) is 12.3. The van der Waals surface area contributed by atoms with Gasteiger partial charge in [0.25, 0.3) is 0 Å². The zero-order chi connectivity index (χ0) is 18.9. The lowest BCUT2D eigenvalue weighted by Crippen LogP contribution is -2.49. The second-order valence-electron chi connectivity index (χ2n) is 6.94. The molecule has 1 aliphatic rings. The maximum atomic E-state index is 12.9. The third kappa shape index (κ3) is 3.76. The van der Waals surface area contributed by atoms with Crippen LogP contribution in [0, 0.1) is 0 Å². The Morgan fingerprint density at radius 3 is 2.62 bits per heavy atom. The summed E-state index contributed by atoms with van der Waals surface area (Å²) in [6.07, 6.45) is -0.467. The second-order valence-corrected chi connectivity index (χ2v) is 8.85. The zero-order valence-electron chi connectivity index (χ0n) is 14.7. The first-order valence-corrected chi connectivity index (χ1v) is 10.1. The standard InChI is InChI=1S/C19H25N3O3S/c1-13-11-22(26(24,25)19-8-7-15(20)10-16(13)19)12-18(23)17(21)9-14-5-3-2-4-6-14/h2-8,10,13,17-18,23H,9,11-12,20-21H2,1H3. The zero-order valence-corrected chi connectivity index (χ0v) is 15.6. The fourth-order valence-electron chi connectivity index (χ4n) is 3.37. The second kappa shape index (κ2) is 7.36. The summed E-state index contributed by atoms with van der Waals surface area (Å²) in [5.41, 5.74) is 14.2. The highest BCUT2D eigenvalue weighted by atomic mass is 32.2. The predicted molar refractivity (Wildman–Crippen MR) is 102 cm³/mol. The van der Waals surface area contributed by atoms with Crippen LogP contribution in [0.2, 0.25) is 0 Å². The third-order valence-corrected chi connectivity index (χ3v) is 6.76. The van der Waals surface area contributed by atoms with Gasteiger partial charge in [-0.2, -0.15) is 4.31 Å². The smallest absolute Gasteiger partial charge is 0.243 e. The molecule has 0 radical (unpaired) electrons. The molecule has 0 aliphatic carbocycles. The molecule has 0 amide bonds.